The third-order valence-electron chi connectivity index (χ3n) is 3.40. The summed E-state index contributed by atoms with van der Waals surface area (Å²) in [6, 6.07) is 5.60. The summed E-state index contributed by atoms with van der Waals surface area (Å²) in [7, 11) is 0. The highest BCUT2D eigenvalue weighted by Gasteiger charge is 2.25. The fourth-order valence-electron chi connectivity index (χ4n) is 2.04. The van der Waals surface area contributed by atoms with Gasteiger partial charge in [0.15, 0.2) is 0 Å². The fourth-order valence-corrected chi connectivity index (χ4v) is 2.28. The number of anilines is 1. The molecule has 0 bridgehead atoms. The molecule has 2 rings (SSSR count). The molecule has 3 nitrogen and oxygen atoms in total. The lowest BCUT2D eigenvalue weighted by Crippen LogP contribution is -2.34. The van der Waals surface area contributed by atoms with E-state index in [0.29, 0.717) is 11.3 Å². The van der Waals surface area contributed by atoms with Gasteiger partial charge in [0.2, 0.25) is 0 Å². The lowest BCUT2D eigenvalue weighted by molar-refractivity contribution is 0.0932. The third kappa shape index (κ3) is 3.48. The average molecular weight is 311 g/mol. The molecule has 0 spiro atoms. The molecule has 1 fully saturated rings. The highest BCUT2D eigenvalue weighted by molar-refractivity contribution is 9.10. The highest BCUT2D eigenvalue weighted by Crippen LogP contribution is 2.34. The molecule has 1 saturated carbocycles. The molecule has 4 heteroatoms. The highest BCUT2D eigenvalue weighted by atomic mass is 79.9. The van der Waals surface area contributed by atoms with Crippen LogP contribution in [0.2, 0.25) is 0 Å². The molecule has 0 radical (unpaired) electrons. The van der Waals surface area contributed by atoms with Crippen LogP contribution in [0.3, 0.4) is 0 Å². The summed E-state index contributed by atoms with van der Waals surface area (Å²) < 4.78 is 0.823. The number of hydrogen-bond donors (Lipinski definition) is 2. The molecule has 1 unspecified atom stereocenters. The van der Waals surface area contributed by atoms with Crippen molar-refractivity contribution in [3.63, 3.8) is 0 Å². The average Bonchev–Trinajstić information content (AvgIpc) is 3.15. The Labute approximate surface area is 116 Å². The Morgan fingerprint density at radius 2 is 2.28 bits per heavy atom. The number of nitrogen functional groups attached to an aromatic ring is 1. The van der Waals surface area contributed by atoms with Gasteiger partial charge in [-0.15, -0.1) is 0 Å². The number of hydrogen-bond acceptors (Lipinski definition) is 2. The van der Waals surface area contributed by atoms with Crippen molar-refractivity contribution in [2.75, 3.05) is 5.73 Å². The Kier molecular flexibility index (Phi) is 4.27. The van der Waals surface area contributed by atoms with E-state index in [1.165, 1.54) is 12.8 Å². The van der Waals surface area contributed by atoms with Gasteiger partial charge in [-0.2, -0.15) is 0 Å². The predicted octanol–water partition coefficient (Wildman–Crippen LogP) is 3.34. The Morgan fingerprint density at radius 1 is 1.56 bits per heavy atom. The third-order valence-corrected chi connectivity index (χ3v) is 4.12. The molecule has 1 aromatic carbocycles. The molecular weight excluding hydrogens is 292 g/mol. The van der Waals surface area contributed by atoms with Gasteiger partial charge in [-0.3, -0.25) is 4.79 Å². The Balaban J connectivity index is 1.98. The number of rotatable bonds is 5. The first-order valence-corrected chi connectivity index (χ1v) is 7.25. The summed E-state index contributed by atoms with van der Waals surface area (Å²) >= 11 is 3.33. The number of nitrogens with one attached hydrogen (secondary N) is 1. The number of carbonyl (C=O) groups excluding carboxylic acids is 1. The Morgan fingerprint density at radius 3 is 2.83 bits per heavy atom. The van der Waals surface area contributed by atoms with E-state index in [2.05, 4.69) is 28.2 Å². The van der Waals surface area contributed by atoms with Crippen molar-refractivity contribution in [3.8, 4) is 0 Å². The van der Waals surface area contributed by atoms with Crippen LogP contribution in [0.1, 0.15) is 43.0 Å². The van der Waals surface area contributed by atoms with Crippen molar-refractivity contribution in [3.05, 3.63) is 28.2 Å². The first-order chi connectivity index (χ1) is 8.60. The van der Waals surface area contributed by atoms with E-state index in [1.54, 1.807) is 12.1 Å². The van der Waals surface area contributed by atoms with Gasteiger partial charge in [0, 0.05) is 21.8 Å². The van der Waals surface area contributed by atoms with Crippen molar-refractivity contribution in [2.45, 2.75) is 38.6 Å². The maximum atomic E-state index is 12.1. The minimum absolute atomic E-state index is 0.0262. The summed E-state index contributed by atoms with van der Waals surface area (Å²) in [5.74, 6) is 0.798. The zero-order valence-electron chi connectivity index (χ0n) is 10.6. The minimum atomic E-state index is -0.0262. The quantitative estimate of drug-likeness (QED) is 0.820. The number of nitrogens with two attached hydrogens (primary N) is 1. The first kappa shape index (κ1) is 13.4. The number of halogens is 1. The van der Waals surface area contributed by atoms with Crippen molar-refractivity contribution < 1.29 is 4.79 Å². The van der Waals surface area contributed by atoms with Crippen LogP contribution in [0.25, 0.3) is 0 Å². The molecule has 98 valence electrons. The molecule has 0 saturated heterocycles. The second-order valence-electron chi connectivity index (χ2n) is 4.99. The van der Waals surface area contributed by atoms with Gasteiger partial charge in [-0.1, -0.05) is 19.8 Å². The molecule has 0 aromatic heterocycles. The summed E-state index contributed by atoms with van der Waals surface area (Å²) in [6.45, 7) is 2.11. The second-order valence-corrected chi connectivity index (χ2v) is 5.85. The monoisotopic (exact) mass is 310 g/mol. The van der Waals surface area contributed by atoms with Crippen molar-refractivity contribution in [1.82, 2.24) is 5.32 Å². The lowest BCUT2D eigenvalue weighted by Gasteiger charge is -2.16. The van der Waals surface area contributed by atoms with Gasteiger partial charge in [0.05, 0.1) is 0 Å². The minimum Gasteiger partial charge on any atom is -0.398 e. The number of amides is 1. The number of benzene rings is 1. The van der Waals surface area contributed by atoms with E-state index in [-0.39, 0.29) is 11.9 Å². The predicted molar refractivity (Wildman–Crippen MR) is 77.4 cm³/mol. The smallest absolute Gasteiger partial charge is 0.251 e. The molecule has 1 atom stereocenters. The summed E-state index contributed by atoms with van der Waals surface area (Å²) in [5, 5.41) is 3.09. The molecule has 1 amide bonds. The van der Waals surface area contributed by atoms with Crippen LogP contribution >= 0.6 is 15.9 Å². The zero-order valence-corrected chi connectivity index (χ0v) is 12.2. The second kappa shape index (κ2) is 5.74. The van der Waals surface area contributed by atoms with Crippen molar-refractivity contribution >= 4 is 27.5 Å². The summed E-state index contributed by atoms with van der Waals surface area (Å²) in [4.78, 5) is 12.1. The van der Waals surface area contributed by atoms with Gasteiger partial charge in [0.1, 0.15) is 0 Å². The molecule has 1 aliphatic carbocycles. The molecule has 0 aliphatic heterocycles. The fraction of sp³-hybridized carbons (Fsp3) is 0.500. The van der Waals surface area contributed by atoms with E-state index in [4.69, 9.17) is 5.73 Å². The van der Waals surface area contributed by atoms with E-state index in [0.717, 1.165) is 23.2 Å². The Hall–Kier alpha value is -1.03. The van der Waals surface area contributed by atoms with Crippen molar-refractivity contribution in [1.29, 1.82) is 0 Å². The topological polar surface area (TPSA) is 55.1 Å². The lowest BCUT2D eigenvalue weighted by atomic mass is 10.1. The van der Waals surface area contributed by atoms with Crippen LogP contribution < -0.4 is 11.1 Å². The molecule has 3 N–H and O–H groups in total. The van der Waals surface area contributed by atoms with E-state index in [1.807, 2.05) is 6.07 Å². The van der Waals surface area contributed by atoms with Crippen LogP contribution in [-0.4, -0.2) is 11.9 Å². The molecule has 18 heavy (non-hydrogen) atoms. The van der Waals surface area contributed by atoms with E-state index in [9.17, 15) is 4.79 Å². The first-order valence-electron chi connectivity index (χ1n) is 6.46. The van der Waals surface area contributed by atoms with Gasteiger partial charge in [-0.05, 0) is 52.9 Å². The standard InChI is InChI=1S/C14H19BrN2O/c1-2-11(7-9-3-4-9)17-14(18)10-5-6-12(15)13(16)8-10/h5-6,8-9,11H,2-4,7,16H2,1H3,(H,17,18). The van der Waals surface area contributed by atoms with Crippen LogP contribution in [0, 0.1) is 5.92 Å². The zero-order chi connectivity index (χ0) is 13.1. The summed E-state index contributed by atoms with van der Waals surface area (Å²) in [5.41, 5.74) is 7.01. The maximum absolute atomic E-state index is 12.1. The van der Waals surface area contributed by atoms with Crippen LogP contribution in [0.5, 0.6) is 0 Å². The maximum Gasteiger partial charge on any atom is 0.251 e. The van der Waals surface area contributed by atoms with Gasteiger partial charge in [0.25, 0.3) is 5.91 Å². The molecular formula is C14H19BrN2O. The van der Waals surface area contributed by atoms with Gasteiger partial charge < -0.3 is 11.1 Å². The van der Waals surface area contributed by atoms with Crippen LogP contribution in [0.15, 0.2) is 22.7 Å². The Bertz CT molecular complexity index is 443. The van der Waals surface area contributed by atoms with E-state index >= 15 is 0 Å². The molecule has 1 aliphatic rings. The normalized spacial score (nSPS) is 16.3. The molecule has 1 aromatic rings. The SMILES string of the molecule is CCC(CC1CC1)NC(=O)c1ccc(Br)c(N)c1. The van der Waals surface area contributed by atoms with Gasteiger partial charge >= 0.3 is 0 Å². The van der Waals surface area contributed by atoms with Gasteiger partial charge in [-0.25, -0.2) is 0 Å². The largest absolute Gasteiger partial charge is 0.398 e. The van der Waals surface area contributed by atoms with Crippen LogP contribution in [-0.2, 0) is 0 Å². The summed E-state index contributed by atoms with van der Waals surface area (Å²) in [6.07, 6.45) is 4.72. The molecule has 0 heterocycles. The van der Waals surface area contributed by atoms with E-state index < -0.39 is 0 Å². The van der Waals surface area contributed by atoms with Crippen molar-refractivity contribution in [2.24, 2.45) is 5.92 Å². The number of carbonyl (C=O) groups is 1. The van der Waals surface area contributed by atoms with Crippen LogP contribution in [0.4, 0.5) is 5.69 Å².